The third kappa shape index (κ3) is 10.8. The summed E-state index contributed by atoms with van der Waals surface area (Å²) in [4.78, 5) is 14.7. The van der Waals surface area contributed by atoms with Crippen molar-refractivity contribution in [2.45, 2.75) is 20.3 Å². The lowest BCUT2D eigenvalue weighted by atomic mass is 10.3. The lowest BCUT2D eigenvalue weighted by molar-refractivity contribution is -0.384. The van der Waals surface area contributed by atoms with Crippen molar-refractivity contribution in [3.8, 4) is 0 Å². The first-order valence-electron chi connectivity index (χ1n) is 8.25. The summed E-state index contributed by atoms with van der Waals surface area (Å²) in [5.41, 5.74) is 0.938. The van der Waals surface area contributed by atoms with Crippen LogP contribution in [0.3, 0.4) is 0 Å². The first kappa shape index (κ1) is 23.4. The lowest BCUT2D eigenvalue weighted by Crippen LogP contribution is -2.39. The zero-order chi connectivity index (χ0) is 17.6. The van der Waals surface area contributed by atoms with Crippen LogP contribution in [-0.4, -0.2) is 50.3 Å². The highest BCUT2D eigenvalue weighted by Crippen LogP contribution is 2.14. The molecular weight excluding hydrogens is 437 g/mol. The van der Waals surface area contributed by atoms with Gasteiger partial charge in [0.1, 0.15) is 0 Å². The molecule has 0 aliphatic carbocycles. The maximum Gasteiger partial charge on any atom is 0.269 e. The summed E-state index contributed by atoms with van der Waals surface area (Å²) in [5.74, 6) is 0.777. The van der Waals surface area contributed by atoms with Gasteiger partial charge in [0.05, 0.1) is 4.92 Å². The molecule has 0 aliphatic heterocycles. The van der Waals surface area contributed by atoms with Crippen LogP contribution in [0.1, 0.15) is 20.3 Å². The van der Waals surface area contributed by atoms with E-state index in [1.54, 1.807) is 12.1 Å². The number of hydrogen-bond donors (Lipinski definition) is 3. The van der Waals surface area contributed by atoms with E-state index in [0.717, 1.165) is 37.8 Å². The number of non-ortho nitro benzene ring substituents is 1. The van der Waals surface area contributed by atoms with Crippen LogP contribution in [0.25, 0.3) is 0 Å². The van der Waals surface area contributed by atoms with Gasteiger partial charge in [0.15, 0.2) is 5.96 Å². The van der Waals surface area contributed by atoms with Gasteiger partial charge in [0.2, 0.25) is 0 Å². The maximum atomic E-state index is 10.6. The normalized spacial score (nSPS) is 10.7. The fraction of sp³-hybridized carbons (Fsp3) is 0.562. The number of nitrogens with one attached hydrogen (secondary N) is 3. The number of ether oxygens (including phenoxy) is 1. The van der Waals surface area contributed by atoms with Gasteiger partial charge in [-0.05, 0) is 32.4 Å². The Morgan fingerprint density at radius 2 is 1.92 bits per heavy atom. The van der Waals surface area contributed by atoms with Crippen LogP contribution in [0, 0.1) is 10.1 Å². The molecule has 8 nitrogen and oxygen atoms in total. The second-order valence-corrected chi connectivity index (χ2v) is 4.97. The van der Waals surface area contributed by atoms with Crippen molar-refractivity contribution in [2.24, 2.45) is 4.99 Å². The van der Waals surface area contributed by atoms with Gasteiger partial charge < -0.3 is 20.7 Å². The molecule has 142 valence electrons. The minimum Gasteiger partial charge on any atom is -0.383 e. The molecule has 1 rings (SSSR count). The van der Waals surface area contributed by atoms with Crippen LogP contribution >= 0.6 is 24.0 Å². The van der Waals surface area contributed by atoms with Crippen molar-refractivity contribution in [3.63, 3.8) is 0 Å². The topological polar surface area (TPSA) is 101 Å². The molecule has 0 fully saturated rings. The molecule has 0 amide bonds. The molecule has 0 atom stereocenters. The smallest absolute Gasteiger partial charge is 0.269 e. The highest BCUT2D eigenvalue weighted by atomic mass is 127. The van der Waals surface area contributed by atoms with Crippen molar-refractivity contribution in [2.75, 3.05) is 44.7 Å². The standard InChI is InChI=1S/C16H27N5O3.HI/c1-3-17-16(19-10-5-13-24-4-2)20-12-11-18-14-6-8-15(9-7-14)21(22)23;/h6-9,18H,3-5,10-13H2,1-2H3,(H2,17,19,20);1H. The fourth-order valence-electron chi connectivity index (χ4n) is 1.93. The van der Waals surface area contributed by atoms with E-state index in [2.05, 4.69) is 20.9 Å². The highest BCUT2D eigenvalue weighted by molar-refractivity contribution is 14.0. The van der Waals surface area contributed by atoms with Gasteiger partial charge in [-0.15, -0.1) is 24.0 Å². The molecule has 0 saturated heterocycles. The van der Waals surface area contributed by atoms with Crippen molar-refractivity contribution in [3.05, 3.63) is 34.4 Å². The summed E-state index contributed by atoms with van der Waals surface area (Å²) < 4.78 is 5.28. The summed E-state index contributed by atoms with van der Waals surface area (Å²) in [5, 5.41) is 20.2. The van der Waals surface area contributed by atoms with Crippen LogP contribution in [-0.2, 0) is 4.74 Å². The van der Waals surface area contributed by atoms with Crippen molar-refractivity contribution in [1.82, 2.24) is 10.6 Å². The van der Waals surface area contributed by atoms with Crippen molar-refractivity contribution >= 4 is 41.3 Å². The minimum absolute atomic E-state index is 0. The number of guanidine groups is 1. The molecule has 1 aromatic rings. The predicted octanol–water partition coefficient (Wildman–Crippen LogP) is 2.61. The zero-order valence-electron chi connectivity index (χ0n) is 14.8. The van der Waals surface area contributed by atoms with Gasteiger partial charge in [-0.1, -0.05) is 0 Å². The number of benzene rings is 1. The summed E-state index contributed by atoms with van der Waals surface area (Å²) in [6.07, 6.45) is 0.894. The Labute approximate surface area is 166 Å². The van der Waals surface area contributed by atoms with Crippen LogP contribution in [0.4, 0.5) is 11.4 Å². The van der Waals surface area contributed by atoms with Gasteiger partial charge in [-0.3, -0.25) is 15.1 Å². The van der Waals surface area contributed by atoms with Gasteiger partial charge in [0, 0.05) is 57.2 Å². The van der Waals surface area contributed by atoms with Gasteiger partial charge >= 0.3 is 0 Å². The van der Waals surface area contributed by atoms with Crippen LogP contribution in [0.15, 0.2) is 29.3 Å². The fourth-order valence-corrected chi connectivity index (χ4v) is 1.93. The quantitative estimate of drug-likeness (QED) is 0.116. The number of nitro groups is 1. The third-order valence-electron chi connectivity index (χ3n) is 3.09. The molecule has 0 unspecified atom stereocenters. The van der Waals surface area contributed by atoms with E-state index < -0.39 is 4.92 Å². The molecule has 0 radical (unpaired) electrons. The number of nitrogens with zero attached hydrogens (tertiary/aromatic N) is 2. The van der Waals surface area contributed by atoms with E-state index in [0.29, 0.717) is 19.6 Å². The Balaban J connectivity index is 0.00000576. The van der Waals surface area contributed by atoms with E-state index in [1.165, 1.54) is 12.1 Å². The van der Waals surface area contributed by atoms with E-state index in [9.17, 15) is 10.1 Å². The van der Waals surface area contributed by atoms with E-state index in [1.807, 2.05) is 13.8 Å². The number of aliphatic imine (C=N–C) groups is 1. The Bertz CT molecular complexity index is 511. The molecule has 25 heavy (non-hydrogen) atoms. The molecular formula is C16H28IN5O3. The van der Waals surface area contributed by atoms with E-state index in [4.69, 9.17) is 4.74 Å². The second kappa shape index (κ2) is 14.7. The number of hydrogen-bond acceptors (Lipinski definition) is 5. The van der Waals surface area contributed by atoms with Crippen LogP contribution in [0.5, 0.6) is 0 Å². The zero-order valence-corrected chi connectivity index (χ0v) is 17.1. The molecule has 9 heteroatoms. The summed E-state index contributed by atoms with van der Waals surface area (Å²) in [7, 11) is 0. The monoisotopic (exact) mass is 465 g/mol. The maximum absolute atomic E-state index is 10.6. The van der Waals surface area contributed by atoms with Gasteiger partial charge in [0.25, 0.3) is 5.69 Å². The van der Waals surface area contributed by atoms with Gasteiger partial charge in [-0.2, -0.15) is 0 Å². The van der Waals surface area contributed by atoms with Gasteiger partial charge in [-0.25, -0.2) is 0 Å². The molecule has 0 aliphatic rings. The first-order chi connectivity index (χ1) is 11.7. The number of rotatable bonds is 11. The predicted molar refractivity (Wildman–Crippen MR) is 112 cm³/mol. The Morgan fingerprint density at radius 3 is 2.52 bits per heavy atom. The van der Waals surface area contributed by atoms with Crippen LogP contribution < -0.4 is 16.0 Å². The van der Waals surface area contributed by atoms with E-state index >= 15 is 0 Å². The van der Waals surface area contributed by atoms with Crippen LogP contribution in [0.2, 0.25) is 0 Å². The molecule has 0 spiro atoms. The largest absolute Gasteiger partial charge is 0.383 e. The Kier molecular flexibility index (Phi) is 13.7. The third-order valence-corrected chi connectivity index (χ3v) is 3.09. The number of halogens is 1. The Morgan fingerprint density at radius 1 is 1.20 bits per heavy atom. The van der Waals surface area contributed by atoms with Crippen molar-refractivity contribution < 1.29 is 9.66 Å². The molecule has 0 saturated carbocycles. The number of anilines is 1. The average molecular weight is 465 g/mol. The molecule has 0 aromatic heterocycles. The first-order valence-corrected chi connectivity index (χ1v) is 8.25. The summed E-state index contributed by atoms with van der Waals surface area (Å²) >= 11 is 0. The second-order valence-electron chi connectivity index (χ2n) is 4.97. The minimum atomic E-state index is -0.407. The number of nitro benzene ring substituents is 1. The summed E-state index contributed by atoms with van der Waals surface area (Å²) in [6.45, 7) is 8.34. The lowest BCUT2D eigenvalue weighted by Gasteiger charge is -2.12. The highest BCUT2D eigenvalue weighted by Gasteiger charge is 2.03. The molecule has 3 N–H and O–H groups in total. The van der Waals surface area contributed by atoms with E-state index in [-0.39, 0.29) is 29.7 Å². The SMILES string of the molecule is CCNC(=NCCCOCC)NCCNc1ccc([N+](=O)[O-])cc1.I. The molecule has 1 aromatic carbocycles. The van der Waals surface area contributed by atoms with Crippen molar-refractivity contribution in [1.29, 1.82) is 0 Å². The Hall–Kier alpha value is -1.62. The molecule has 0 bridgehead atoms. The summed E-state index contributed by atoms with van der Waals surface area (Å²) in [6, 6.07) is 6.37. The molecule has 0 heterocycles. The average Bonchev–Trinajstić information content (AvgIpc) is 2.58.